The molecule has 1 heterocycles. The summed E-state index contributed by atoms with van der Waals surface area (Å²) >= 11 is 2.88. The number of nitrogens with zero attached hydrogens (tertiary/aromatic N) is 2. The molecule has 2 N–H and O–H groups in total. The van der Waals surface area contributed by atoms with Gasteiger partial charge in [-0.2, -0.15) is 0 Å². The third kappa shape index (κ3) is 3.74. The molecule has 1 atom stereocenters. The lowest BCUT2D eigenvalue weighted by Gasteiger charge is -2.25. The van der Waals surface area contributed by atoms with Gasteiger partial charge in [0.2, 0.25) is 5.91 Å². The first kappa shape index (κ1) is 14.9. The van der Waals surface area contributed by atoms with Crippen molar-refractivity contribution >= 4 is 34.1 Å². The third-order valence-electron chi connectivity index (χ3n) is 3.10. The molecular weight excluding hydrogens is 290 g/mol. The van der Waals surface area contributed by atoms with Crippen LogP contribution in [0.15, 0.2) is 40.7 Å². The number of carbonyl (C=O) groups excluding carboxylic acids is 1. The summed E-state index contributed by atoms with van der Waals surface area (Å²) in [4.78, 5) is 17.9. The number of aromatic nitrogens is 1. The van der Waals surface area contributed by atoms with E-state index in [-0.39, 0.29) is 11.9 Å². The van der Waals surface area contributed by atoms with Gasteiger partial charge >= 0.3 is 0 Å². The average molecular weight is 307 g/mol. The number of carbonyl (C=O) groups is 1. The molecule has 1 unspecified atom stereocenters. The number of thioether (sulfide) groups is 1. The molecule has 1 aromatic heterocycles. The molecule has 0 saturated heterocycles. The monoisotopic (exact) mass is 307 g/mol. The lowest BCUT2D eigenvalue weighted by Crippen LogP contribution is -2.31. The van der Waals surface area contributed by atoms with E-state index in [1.165, 1.54) is 23.1 Å². The van der Waals surface area contributed by atoms with Gasteiger partial charge in [-0.05, 0) is 12.5 Å². The van der Waals surface area contributed by atoms with Crippen molar-refractivity contribution in [3.8, 4) is 0 Å². The molecule has 0 fully saturated rings. The van der Waals surface area contributed by atoms with Crippen molar-refractivity contribution < 1.29 is 4.79 Å². The van der Waals surface area contributed by atoms with E-state index < -0.39 is 0 Å². The Morgan fingerprint density at radius 2 is 2.15 bits per heavy atom. The molecule has 0 aliphatic rings. The van der Waals surface area contributed by atoms with Gasteiger partial charge in [0.05, 0.1) is 22.2 Å². The molecule has 0 bridgehead atoms. The number of anilines is 1. The smallest absolute Gasteiger partial charge is 0.233 e. The topological polar surface area (TPSA) is 59.2 Å². The van der Waals surface area contributed by atoms with Crippen molar-refractivity contribution in [2.75, 3.05) is 18.5 Å². The minimum absolute atomic E-state index is 0.0656. The van der Waals surface area contributed by atoms with Gasteiger partial charge in [-0.3, -0.25) is 4.79 Å². The van der Waals surface area contributed by atoms with E-state index in [9.17, 15) is 4.79 Å². The maximum atomic E-state index is 12.2. The van der Waals surface area contributed by atoms with E-state index in [2.05, 4.69) is 4.98 Å². The lowest BCUT2D eigenvalue weighted by molar-refractivity contribution is -0.128. The van der Waals surface area contributed by atoms with Crippen LogP contribution >= 0.6 is 23.1 Å². The highest BCUT2D eigenvalue weighted by Crippen LogP contribution is 2.27. The zero-order valence-corrected chi connectivity index (χ0v) is 13.1. The number of nitrogen functional groups attached to an aromatic ring is 1. The Bertz CT molecular complexity index is 571. The quantitative estimate of drug-likeness (QED) is 0.863. The molecule has 106 valence electrons. The SMILES string of the molecule is CC(c1ccccc1)N(C)C(=O)CSc1cnc(N)s1. The maximum Gasteiger partial charge on any atom is 0.233 e. The van der Waals surface area contributed by atoms with E-state index in [1.54, 1.807) is 11.1 Å². The molecule has 0 saturated carbocycles. The van der Waals surface area contributed by atoms with E-state index in [4.69, 9.17) is 5.73 Å². The first-order chi connectivity index (χ1) is 9.58. The van der Waals surface area contributed by atoms with Crippen LogP contribution in [-0.2, 0) is 4.79 Å². The molecule has 1 aromatic carbocycles. The van der Waals surface area contributed by atoms with Gasteiger partial charge in [-0.15, -0.1) is 11.8 Å². The van der Waals surface area contributed by atoms with Crippen LogP contribution in [0.2, 0.25) is 0 Å². The molecule has 4 nitrogen and oxygen atoms in total. The van der Waals surface area contributed by atoms with Crippen LogP contribution < -0.4 is 5.73 Å². The van der Waals surface area contributed by atoms with Crippen LogP contribution in [0, 0.1) is 0 Å². The molecule has 0 radical (unpaired) electrons. The number of nitrogens with two attached hydrogens (primary N) is 1. The van der Waals surface area contributed by atoms with Crippen molar-refractivity contribution in [1.82, 2.24) is 9.88 Å². The highest BCUT2D eigenvalue weighted by Gasteiger charge is 2.17. The van der Waals surface area contributed by atoms with E-state index in [1.807, 2.05) is 44.3 Å². The highest BCUT2D eigenvalue weighted by molar-refractivity contribution is 8.01. The van der Waals surface area contributed by atoms with Crippen molar-refractivity contribution in [3.63, 3.8) is 0 Å². The van der Waals surface area contributed by atoms with E-state index in [0.29, 0.717) is 10.9 Å². The number of hydrogen-bond acceptors (Lipinski definition) is 5. The molecule has 0 aliphatic heterocycles. The summed E-state index contributed by atoms with van der Waals surface area (Å²) in [5.74, 6) is 0.494. The number of thiazole rings is 1. The normalized spacial score (nSPS) is 12.1. The second-order valence-corrected chi connectivity index (χ2v) is 6.74. The standard InChI is InChI=1S/C14H17N3OS2/c1-10(11-6-4-3-5-7-11)17(2)12(18)9-19-13-8-16-14(15)20-13/h3-8,10H,9H2,1-2H3,(H2,15,16). The summed E-state index contributed by atoms with van der Waals surface area (Å²) in [6.45, 7) is 2.03. The number of rotatable bonds is 5. The second kappa shape index (κ2) is 6.76. The predicted molar refractivity (Wildman–Crippen MR) is 84.9 cm³/mol. The van der Waals surface area contributed by atoms with Crippen LogP contribution in [0.3, 0.4) is 0 Å². The third-order valence-corrected chi connectivity index (χ3v) is 5.10. The molecule has 0 spiro atoms. The first-order valence-electron chi connectivity index (χ1n) is 6.22. The van der Waals surface area contributed by atoms with Gasteiger partial charge in [0.15, 0.2) is 5.13 Å². The second-order valence-electron chi connectivity index (χ2n) is 4.40. The Hall–Kier alpha value is -1.53. The number of amides is 1. The van der Waals surface area contributed by atoms with Gasteiger partial charge in [-0.1, -0.05) is 41.7 Å². The molecule has 2 rings (SSSR count). The summed E-state index contributed by atoms with van der Waals surface area (Å²) in [5, 5.41) is 0.533. The molecule has 2 aromatic rings. The van der Waals surface area contributed by atoms with Crippen LogP contribution in [0.5, 0.6) is 0 Å². The van der Waals surface area contributed by atoms with Crippen molar-refractivity contribution in [3.05, 3.63) is 42.1 Å². The van der Waals surface area contributed by atoms with Crippen molar-refractivity contribution in [1.29, 1.82) is 0 Å². The molecular formula is C14H17N3OS2. The summed E-state index contributed by atoms with van der Waals surface area (Å²) in [6.07, 6.45) is 1.71. The fourth-order valence-corrected chi connectivity index (χ4v) is 3.43. The Morgan fingerprint density at radius 1 is 1.45 bits per heavy atom. The van der Waals surface area contributed by atoms with Gasteiger partial charge < -0.3 is 10.6 Å². The van der Waals surface area contributed by atoms with Crippen molar-refractivity contribution in [2.24, 2.45) is 0 Å². The number of benzene rings is 1. The molecule has 0 aliphatic carbocycles. The van der Waals surface area contributed by atoms with Gasteiger partial charge in [0.25, 0.3) is 0 Å². The largest absolute Gasteiger partial charge is 0.375 e. The fourth-order valence-electron chi connectivity index (χ4n) is 1.74. The van der Waals surface area contributed by atoms with Crippen LogP contribution in [0.1, 0.15) is 18.5 Å². The van der Waals surface area contributed by atoms with Gasteiger partial charge in [-0.25, -0.2) is 4.98 Å². The zero-order valence-electron chi connectivity index (χ0n) is 11.4. The average Bonchev–Trinajstić information content (AvgIpc) is 2.89. The number of hydrogen-bond donors (Lipinski definition) is 1. The van der Waals surface area contributed by atoms with Crippen molar-refractivity contribution in [2.45, 2.75) is 17.2 Å². The van der Waals surface area contributed by atoms with E-state index in [0.717, 1.165) is 9.77 Å². The summed E-state index contributed by atoms with van der Waals surface area (Å²) < 4.78 is 0.969. The highest BCUT2D eigenvalue weighted by atomic mass is 32.2. The summed E-state index contributed by atoms with van der Waals surface area (Å²) in [5.41, 5.74) is 6.70. The predicted octanol–water partition coefficient (Wildman–Crippen LogP) is 3.04. The Morgan fingerprint density at radius 3 is 2.75 bits per heavy atom. The molecule has 6 heteroatoms. The van der Waals surface area contributed by atoms with Crippen LogP contribution in [-0.4, -0.2) is 28.6 Å². The minimum atomic E-state index is 0.0656. The zero-order chi connectivity index (χ0) is 14.5. The lowest BCUT2D eigenvalue weighted by atomic mass is 10.1. The van der Waals surface area contributed by atoms with Crippen LogP contribution in [0.25, 0.3) is 0 Å². The summed E-state index contributed by atoms with van der Waals surface area (Å²) in [7, 11) is 1.83. The Kier molecular flexibility index (Phi) is 5.03. The van der Waals surface area contributed by atoms with Gasteiger partial charge in [0.1, 0.15) is 0 Å². The minimum Gasteiger partial charge on any atom is -0.375 e. The van der Waals surface area contributed by atoms with E-state index >= 15 is 0 Å². The molecule has 20 heavy (non-hydrogen) atoms. The summed E-state index contributed by atoms with van der Waals surface area (Å²) in [6, 6.07) is 10.1. The van der Waals surface area contributed by atoms with Gasteiger partial charge in [0, 0.05) is 7.05 Å². The Labute approximate surface area is 127 Å². The maximum absolute atomic E-state index is 12.2. The fraction of sp³-hybridized carbons (Fsp3) is 0.286. The molecule has 1 amide bonds. The Balaban J connectivity index is 1.91. The van der Waals surface area contributed by atoms with Crippen LogP contribution in [0.4, 0.5) is 5.13 Å². The first-order valence-corrected chi connectivity index (χ1v) is 8.03.